The molecule has 20 heavy (non-hydrogen) atoms. The normalized spacial score (nSPS) is 10.4. The maximum absolute atomic E-state index is 7.52. The van der Waals surface area contributed by atoms with Crippen LogP contribution in [-0.4, -0.2) is 21.0 Å². The van der Waals surface area contributed by atoms with Crippen molar-refractivity contribution in [3.05, 3.63) is 54.4 Å². The first-order valence-corrected chi connectivity index (χ1v) is 5.93. The van der Waals surface area contributed by atoms with Crippen LogP contribution >= 0.6 is 0 Å². The number of aromatic nitrogens is 3. The molecule has 2 aromatic heterocycles. The predicted molar refractivity (Wildman–Crippen MR) is 74.9 cm³/mol. The number of nitrogens with zero attached hydrogens (tertiary/aromatic N) is 3. The zero-order valence-electron chi connectivity index (χ0n) is 10.4. The number of hydrogen-bond donors (Lipinski definition) is 2. The molecule has 0 bridgehead atoms. The Morgan fingerprint density at radius 1 is 1.10 bits per heavy atom. The van der Waals surface area contributed by atoms with E-state index in [0.29, 0.717) is 11.3 Å². The van der Waals surface area contributed by atoms with Crippen LogP contribution < -0.4 is 10.5 Å². The van der Waals surface area contributed by atoms with Crippen LogP contribution in [-0.2, 0) is 0 Å². The third-order valence-corrected chi connectivity index (χ3v) is 2.78. The Labute approximate surface area is 114 Å². The van der Waals surface area contributed by atoms with Gasteiger partial charge in [-0.2, -0.15) is 5.10 Å². The van der Waals surface area contributed by atoms with Crippen molar-refractivity contribution >= 4 is 16.7 Å². The Hall–Kier alpha value is -3.02. The molecule has 0 saturated carbocycles. The molecular formula is C14H11N5O. The van der Waals surface area contributed by atoms with Crippen molar-refractivity contribution in [2.24, 2.45) is 5.73 Å². The zero-order chi connectivity index (χ0) is 13.9. The van der Waals surface area contributed by atoms with E-state index in [4.69, 9.17) is 15.9 Å². The van der Waals surface area contributed by atoms with Crippen LogP contribution in [0.4, 0.5) is 0 Å². The van der Waals surface area contributed by atoms with Gasteiger partial charge in [-0.3, -0.25) is 10.4 Å². The van der Waals surface area contributed by atoms with Crippen LogP contribution in [0.2, 0.25) is 0 Å². The summed E-state index contributed by atoms with van der Waals surface area (Å²) in [6.07, 6.45) is 3.16. The average molecular weight is 265 g/mol. The summed E-state index contributed by atoms with van der Waals surface area (Å²) in [6.45, 7) is 0. The molecule has 3 aromatic rings. The fraction of sp³-hybridized carbons (Fsp3) is 0. The van der Waals surface area contributed by atoms with Crippen LogP contribution in [0.25, 0.3) is 10.9 Å². The van der Waals surface area contributed by atoms with Crippen molar-refractivity contribution < 1.29 is 4.74 Å². The average Bonchev–Trinajstić information content (AvgIpc) is 2.48. The Morgan fingerprint density at radius 2 is 1.95 bits per heavy atom. The van der Waals surface area contributed by atoms with E-state index in [2.05, 4.69) is 15.2 Å². The van der Waals surface area contributed by atoms with Gasteiger partial charge in [-0.25, -0.2) is 0 Å². The molecule has 6 heteroatoms. The molecule has 0 amide bonds. The molecule has 3 rings (SSSR count). The zero-order valence-corrected chi connectivity index (χ0v) is 10.4. The molecule has 0 saturated heterocycles. The van der Waals surface area contributed by atoms with Gasteiger partial charge >= 0.3 is 0 Å². The highest BCUT2D eigenvalue weighted by Crippen LogP contribution is 2.28. The van der Waals surface area contributed by atoms with Crippen LogP contribution in [0, 0.1) is 5.41 Å². The lowest BCUT2D eigenvalue weighted by Gasteiger charge is -2.09. The third-order valence-electron chi connectivity index (χ3n) is 2.78. The monoisotopic (exact) mass is 265 g/mol. The second-order valence-corrected chi connectivity index (χ2v) is 4.10. The molecular weight excluding hydrogens is 254 g/mol. The molecule has 98 valence electrons. The van der Waals surface area contributed by atoms with Crippen molar-refractivity contribution in [2.45, 2.75) is 0 Å². The number of rotatable bonds is 3. The van der Waals surface area contributed by atoms with Gasteiger partial charge in [0.15, 0.2) is 5.75 Å². The van der Waals surface area contributed by atoms with Gasteiger partial charge in [0.1, 0.15) is 11.4 Å². The topological polar surface area (TPSA) is 97.8 Å². The second-order valence-electron chi connectivity index (χ2n) is 4.10. The maximum Gasteiger partial charge on any atom is 0.250 e. The fourth-order valence-corrected chi connectivity index (χ4v) is 1.86. The quantitative estimate of drug-likeness (QED) is 0.558. The first-order valence-electron chi connectivity index (χ1n) is 5.93. The smallest absolute Gasteiger partial charge is 0.250 e. The number of benzene rings is 1. The van der Waals surface area contributed by atoms with E-state index in [0.717, 1.165) is 10.9 Å². The Morgan fingerprint density at radius 3 is 2.80 bits per heavy atom. The standard InChI is InChI=1S/C14H11N5O/c15-13(16)10-6-8-18-19-14(10)20-11-5-1-3-9-4-2-7-17-12(9)11/h1-8H,(H3,15,16). The van der Waals surface area contributed by atoms with E-state index < -0.39 is 0 Å². The molecule has 0 fully saturated rings. The van der Waals surface area contributed by atoms with E-state index >= 15 is 0 Å². The van der Waals surface area contributed by atoms with Crippen molar-refractivity contribution in [3.8, 4) is 11.6 Å². The highest BCUT2D eigenvalue weighted by Gasteiger charge is 2.11. The summed E-state index contributed by atoms with van der Waals surface area (Å²) in [6, 6.07) is 11.0. The third kappa shape index (κ3) is 2.14. The summed E-state index contributed by atoms with van der Waals surface area (Å²) in [7, 11) is 0. The van der Waals surface area contributed by atoms with Crippen molar-refractivity contribution in [3.63, 3.8) is 0 Å². The van der Waals surface area contributed by atoms with Gasteiger partial charge in [0.25, 0.3) is 0 Å². The SMILES string of the molecule is N=C(N)c1ccnnc1Oc1cccc2cccnc12. The van der Waals surface area contributed by atoms with E-state index in [1.54, 1.807) is 18.3 Å². The van der Waals surface area contributed by atoms with Gasteiger partial charge in [-0.15, -0.1) is 5.10 Å². The number of amidine groups is 1. The highest BCUT2D eigenvalue weighted by molar-refractivity contribution is 5.97. The lowest BCUT2D eigenvalue weighted by atomic mass is 10.2. The summed E-state index contributed by atoms with van der Waals surface area (Å²) in [5, 5.41) is 16.1. The van der Waals surface area contributed by atoms with Gasteiger partial charge in [0.2, 0.25) is 5.88 Å². The summed E-state index contributed by atoms with van der Waals surface area (Å²) >= 11 is 0. The van der Waals surface area contributed by atoms with Crippen LogP contribution in [0.1, 0.15) is 5.56 Å². The molecule has 1 aromatic carbocycles. The van der Waals surface area contributed by atoms with Crippen LogP contribution in [0.15, 0.2) is 48.8 Å². The van der Waals surface area contributed by atoms with Gasteiger partial charge in [0.05, 0.1) is 11.8 Å². The fourth-order valence-electron chi connectivity index (χ4n) is 1.86. The van der Waals surface area contributed by atoms with Crippen LogP contribution in [0.3, 0.4) is 0 Å². The number of nitrogen functional groups attached to an aromatic ring is 1. The number of nitrogens with two attached hydrogens (primary N) is 1. The Balaban J connectivity index is 2.08. The van der Waals surface area contributed by atoms with Crippen LogP contribution in [0.5, 0.6) is 11.6 Å². The number of nitrogens with one attached hydrogen (secondary N) is 1. The minimum atomic E-state index is -0.122. The van der Waals surface area contributed by atoms with Gasteiger partial charge in [-0.1, -0.05) is 18.2 Å². The molecule has 2 heterocycles. The molecule has 0 radical (unpaired) electrons. The molecule has 0 aliphatic heterocycles. The summed E-state index contributed by atoms with van der Waals surface area (Å²) in [5.41, 5.74) is 6.61. The predicted octanol–water partition coefficient (Wildman–Crippen LogP) is 2.10. The molecule has 3 N–H and O–H groups in total. The van der Waals surface area contributed by atoms with E-state index in [1.165, 1.54) is 6.20 Å². The second kappa shape index (κ2) is 4.93. The number of fused-ring (bicyclic) bond motifs is 1. The molecule has 0 aliphatic carbocycles. The Bertz CT molecular complexity index is 782. The number of pyridine rings is 1. The number of para-hydroxylation sites is 1. The summed E-state index contributed by atoms with van der Waals surface area (Å²) in [5.74, 6) is 0.618. The van der Waals surface area contributed by atoms with E-state index in [9.17, 15) is 0 Å². The molecule has 0 unspecified atom stereocenters. The van der Waals surface area contributed by atoms with Crippen molar-refractivity contribution in [1.29, 1.82) is 5.41 Å². The Kier molecular flexibility index (Phi) is 2.96. The first-order chi connectivity index (χ1) is 9.75. The van der Waals surface area contributed by atoms with E-state index in [1.807, 2.05) is 24.3 Å². The maximum atomic E-state index is 7.52. The van der Waals surface area contributed by atoms with Crippen molar-refractivity contribution in [2.75, 3.05) is 0 Å². The molecule has 0 spiro atoms. The van der Waals surface area contributed by atoms with Crippen molar-refractivity contribution in [1.82, 2.24) is 15.2 Å². The van der Waals surface area contributed by atoms with Gasteiger partial charge < -0.3 is 10.5 Å². The van der Waals surface area contributed by atoms with Gasteiger partial charge in [-0.05, 0) is 18.2 Å². The summed E-state index contributed by atoms with van der Waals surface area (Å²) < 4.78 is 5.73. The molecule has 0 aliphatic rings. The number of hydrogen-bond acceptors (Lipinski definition) is 5. The highest BCUT2D eigenvalue weighted by atomic mass is 16.5. The minimum absolute atomic E-state index is 0.122. The first kappa shape index (κ1) is 12.0. The van der Waals surface area contributed by atoms with E-state index in [-0.39, 0.29) is 11.7 Å². The largest absolute Gasteiger partial charge is 0.435 e. The van der Waals surface area contributed by atoms with Gasteiger partial charge in [0, 0.05) is 11.6 Å². The number of ether oxygens (including phenoxy) is 1. The lowest BCUT2D eigenvalue weighted by Crippen LogP contribution is -2.13. The molecule has 0 atom stereocenters. The summed E-state index contributed by atoms with van der Waals surface area (Å²) in [4.78, 5) is 4.29. The minimum Gasteiger partial charge on any atom is -0.435 e. The molecule has 6 nitrogen and oxygen atoms in total. The lowest BCUT2D eigenvalue weighted by molar-refractivity contribution is 0.458.